The monoisotopic (exact) mass is 381 g/mol. The van der Waals surface area contributed by atoms with Gasteiger partial charge in [0.1, 0.15) is 22.7 Å². The van der Waals surface area contributed by atoms with Gasteiger partial charge in [0.2, 0.25) is 0 Å². The molecule has 0 unspecified atom stereocenters. The first-order valence-electron chi connectivity index (χ1n) is 9.44. The highest BCUT2D eigenvalue weighted by Crippen LogP contribution is 2.32. The molecule has 1 saturated carbocycles. The van der Waals surface area contributed by atoms with Crippen LogP contribution in [0.1, 0.15) is 31.7 Å². The lowest BCUT2D eigenvalue weighted by molar-refractivity contribution is 0.279. The average Bonchev–Trinajstić information content (AvgIpc) is 3.27. The minimum absolute atomic E-state index is 0.0893. The van der Waals surface area contributed by atoms with Gasteiger partial charge in [0.15, 0.2) is 11.5 Å². The van der Waals surface area contributed by atoms with Crippen LogP contribution in [0.4, 0.5) is 4.39 Å². The zero-order chi connectivity index (χ0) is 19.3. The zero-order valence-corrected chi connectivity index (χ0v) is 15.2. The minimum atomic E-state index is -0.372. The van der Waals surface area contributed by atoms with Crippen molar-refractivity contribution in [3.05, 3.63) is 47.0 Å². The van der Waals surface area contributed by atoms with Gasteiger partial charge in [0.05, 0.1) is 12.4 Å². The smallest absolute Gasteiger partial charge is 0.327 e. The van der Waals surface area contributed by atoms with Gasteiger partial charge in [-0.1, -0.05) is 0 Å². The van der Waals surface area contributed by atoms with E-state index in [1.807, 2.05) is 0 Å². The van der Waals surface area contributed by atoms with Crippen molar-refractivity contribution >= 4 is 16.8 Å². The Bertz CT molecular complexity index is 1220. The van der Waals surface area contributed by atoms with Gasteiger partial charge in [0, 0.05) is 12.2 Å². The fourth-order valence-corrected chi connectivity index (χ4v) is 4.14. The largest absolute Gasteiger partial charge is 0.330 e. The number of rotatable bonds is 3. The van der Waals surface area contributed by atoms with Crippen LogP contribution in [0, 0.1) is 11.7 Å². The lowest BCUT2D eigenvalue weighted by Gasteiger charge is -2.28. The number of nitrogens with one attached hydrogen (secondary N) is 1. The van der Waals surface area contributed by atoms with Crippen LogP contribution in [-0.2, 0) is 0 Å². The zero-order valence-electron chi connectivity index (χ0n) is 15.2. The van der Waals surface area contributed by atoms with Crippen molar-refractivity contribution in [2.24, 2.45) is 11.7 Å². The van der Waals surface area contributed by atoms with Crippen molar-refractivity contribution in [3.63, 3.8) is 0 Å². The summed E-state index contributed by atoms with van der Waals surface area (Å²) in [5.41, 5.74) is 7.94. The Balaban J connectivity index is 1.61. The summed E-state index contributed by atoms with van der Waals surface area (Å²) in [6.07, 6.45) is 8.36. The van der Waals surface area contributed by atoms with E-state index >= 15 is 0 Å². The molecule has 0 radical (unpaired) electrons. The molecule has 28 heavy (non-hydrogen) atoms. The Morgan fingerprint density at radius 1 is 1.18 bits per heavy atom. The second-order valence-corrected chi connectivity index (χ2v) is 7.36. The van der Waals surface area contributed by atoms with Gasteiger partial charge in [-0.05, 0) is 50.3 Å². The molecule has 0 aromatic carbocycles. The SMILES string of the molecule is NC[C@H]1CC[C@H](n2c(=O)[nH]c3cnc(-c4cnc5ccc(F)cn45)nc32)CC1. The van der Waals surface area contributed by atoms with E-state index in [1.54, 1.807) is 27.4 Å². The van der Waals surface area contributed by atoms with E-state index in [2.05, 4.69) is 19.9 Å². The fourth-order valence-electron chi connectivity index (χ4n) is 4.14. The first kappa shape index (κ1) is 17.1. The van der Waals surface area contributed by atoms with E-state index in [0.29, 0.717) is 40.8 Å². The maximum Gasteiger partial charge on any atom is 0.327 e. The van der Waals surface area contributed by atoms with Crippen molar-refractivity contribution in [2.75, 3.05) is 6.54 Å². The number of nitrogens with two attached hydrogens (primary N) is 1. The number of fused-ring (bicyclic) bond motifs is 2. The minimum Gasteiger partial charge on any atom is -0.330 e. The quantitative estimate of drug-likeness (QED) is 0.566. The molecule has 0 spiro atoms. The molecule has 1 aliphatic carbocycles. The van der Waals surface area contributed by atoms with Crippen molar-refractivity contribution in [1.82, 2.24) is 28.9 Å². The predicted molar refractivity (Wildman–Crippen MR) is 102 cm³/mol. The Kier molecular flexibility index (Phi) is 3.97. The van der Waals surface area contributed by atoms with Crippen molar-refractivity contribution < 1.29 is 4.39 Å². The molecule has 4 aromatic heterocycles. The lowest BCUT2D eigenvalue weighted by Crippen LogP contribution is -2.28. The van der Waals surface area contributed by atoms with Gasteiger partial charge in [-0.25, -0.2) is 24.1 Å². The van der Waals surface area contributed by atoms with Crippen LogP contribution in [-0.4, -0.2) is 35.4 Å². The molecule has 8 nitrogen and oxygen atoms in total. The Hall–Kier alpha value is -3.07. The van der Waals surface area contributed by atoms with Crippen molar-refractivity contribution in [1.29, 1.82) is 0 Å². The van der Waals surface area contributed by atoms with Gasteiger partial charge < -0.3 is 10.7 Å². The van der Waals surface area contributed by atoms with Gasteiger partial charge in [-0.2, -0.15) is 0 Å². The summed E-state index contributed by atoms with van der Waals surface area (Å²) in [4.78, 5) is 28.7. The van der Waals surface area contributed by atoms with Gasteiger partial charge in [0.25, 0.3) is 0 Å². The highest BCUT2D eigenvalue weighted by atomic mass is 19.1. The third-order valence-corrected chi connectivity index (χ3v) is 5.67. The van der Waals surface area contributed by atoms with Crippen LogP contribution >= 0.6 is 0 Å². The molecule has 0 bridgehead atoms. The number of aromatic nitrogens is 6. The van der Waals surface area contributed by atoms with E-state index in [-0.39, 0.29) is 17.5 Å². The first-order chi connectivity index (χ1) is 13.6. The van der Waals surface area contributed by atoms with E-state index in [1.165, 1.54) is 12.3 Å². The number of nitrogens with zero attached hydrogens (tertiary/aromatic N) is 5. The van der Waals surface area contributed by atoms with Crippen LogP contribution < -0.4 is 11.4 Å². The average molecular weight is 381 g/mol. The molecule has 1 aliphatic rings. The third kappa shape index (κ3) is 2.70. The van der Waals surface area contributed by atoms with E-state index in [4.69, 9.17) is 5.73 Å². The van der Waals surface area contributed by atoms with Crippen molar-refractivity contribution in [3.8, 4) is 11.5 Å². The normalized spacial score (nSPS) is 20.2. The lowest BCUT2D eigenvalue weighted by atomic mass is 9.86. The second kappa shape index (κ2) is 6.52. The van der Waals surface area contributed by atoms with Crippen LogP contribution in [0.3, 0.4) is 0 Å². The molecule has 9 heteroatoms. The van der Waals surface area contributed by atoms with Gasteiger partial charge >= 0.3 is 5.69 Å². The molecule has 4 aromatic rings. The highest BCUT2D eigenvalue weighted by molar-refractivity contribution is 5.72. The summed E-state index contributed by atoms with van der Waals surface area (Å²) >= 11 is 0. The van der Waals surface area contributed by atoms with Crippen LogP contribution in [0.2, 0.25) is 0 Å². The summed E-state index contributed by atoms with van der Waals surface area (Å²) in [7, 11) is 0. The Labute approximate surface area is 159 Å². The molecule has 0 aliphatic heterocycles. The highest BCUT2D eigenvalue weighted by Gasteiger charge is 2.25. The van der Waals surface area contributed by atoms with Crippen LogP contribution in [0.5, 0.6) is 0 Å². The molecular weight excluding hydrogens is 361 g/mol. The van der Waals surface area contributed by atoms with Crippen LogP contribution in [0.15, 0.2) is 35.5 Å². The molecule has 1 fully saturated rings. The molecule has 4 heterocycles. The first-order valence-corrected chi connectivity index (χ1v) is 9.44. The Morgan fingerprint density at radius 2 is 2.00 bits per heavy atom. The van der Waals surface area contributed by atoms with Gasteiger partial charge in [-0.3, -0.25) is 8.97 Å². The molecular formula is C19H20FN7O. The number of hydrogen-bond acceptors (Lipinski definition) is 5. The molecule has 0 saturated heterocycles. The summed E-state index contributed by atoms with van der Waals surface area (Å²) in [5, 5.41) is 0. The Morgan fingerprint density at radius 3 is 2.79 bits per heavy atom. The van der Waals surface area contributed by atoms with Crippen LogP contribution in [0.25, 0.3) is 28.3 Å². The molecule has 144 valence electrons. The van der Waals surface area contributed by atoms with E-state index in [0.717, 1.165) is 25.7 Å². The number of H-pyrrole nitrogens is 1. The standard InChI is InChI=1S/C19H20FN7O/c20-12-3-6-16-22-9-15(26(16)10-12)17-23-8-14-18(25-17)27(19(28)24-14)13-4-1-11(7-21)2-5-13/h3,6,8-11,13H,1-2,4-5,7,21H2,(H,24,28)/t11-,13-. The maximum atomic E-state index is 13.7. The molecule has 5 rings (SSSR count). The number of halogens is 1. The predicted octanol–water partition coefficient (Wildman–Crippen LogP) is 2.26. The number of hydrogen-bond donors (Lipinski definition) is 2. The van der Waals surface area contributed by atoms with E-state index in [9.17, 15) is 9.18 Å². The van der Waals surface area contributed by atoms with Gasteiger partial charge in [-0.15, -0.1) is 0 Å². The number of pyridine rings is 1. The molecule has 0 atom stereocenters. The summed E-state index contributed by atoms with van der Waals surface area (Å²) < 4.78 is 17.0. The third-order valence-electron chi connectivity index (χ3n) is 5.67. The molecule has 3 N–H and O–H groups in total. The summed E-state index contributed by atoms with van der Waals surface area (Å²) in [5.74, 6) is 0.549. The second-order valence-electron chi connectivity index (χ2n) is 7.36. The molecule has 0 amide bonds. The van der Waals surface area contributed by atoms with E-state index < -0.39 is 0 Å². The number of imidazole rings is 2. The topological polar surface area (TPSA) is 107 Å². The van der Waals surface area contributed by atoms with Crippen molar-refractivity contribution in [2.45, 2.75) is 31.7 Å². The fraction of sp³-hybridized carbons (Fsp3) is 0.368. The summed E-state index contributed by atoms with van der Waals surface area (Å²) in [6, 6.07) is 3.04. The maximum absolute atomic E-state index is 13.7. The number of aromatic amines is 1. The summed E-state index contributed by atoms with van der Waals surface area (Å²) in [6.45, 7) is 0.687.